The Kier molecular flexibility index (Phi) is 5.88. The van der Waals surface area contributed by atoms with Crippen molar-refractivity contribution in [2.45, 2.75) is 26.8 Å². The highest BCUT2D eigenvalue weighted by atomic mass is 35.5. The monoisotopic (exact) mass is 383 g/mol. The van der Waals surface area contributed by atoms with Gasteiger partial charge in [-0.25, -0.2) is 4.98 Å². The number of aryl methyl sites for hydroxylation is 2. The van der Waals surface area contributed by atoms with E-state index in [0.717, 1.165) is 28.1 Å². The molecule has 0 unspecified atom stereocenters. The minimum absolute atomic E-state index is 0.0152. The van der Waals surface area contributed by atoms with Gasteiger partial charge < -0.3 is 15.7 Å². The second-order valence-electron chi connectivity index (χ2n) is 6.47. The first-order valence-corrected chi connectivity index (χ1v) is 9.04. The number of hydrogen-bond donors (Lipinski definition) is 3. The zero-order valence-electron chi connectivity index (χ0n) is 15.5. The normalized spacial score (nSPS) is 11.9. The molecule has 2 heterocycles. The first-order valence-electron chi connectivity index (χ1n) is 8.67. The summed E-state index contributed by atoms with van der Waals surface area (Å²) >= 11 is 6.13. The predicted molar refractivity (Wildman–Crippen MR) is 110 cm³/mol. The maximum Gasteiger partial charge on any atom is 0.225 e. The summed E-state index contributed by atoms with van der Waals surface area (Å²) in [6, 6.07) is 9.33. The van der Waals surface area contributed by atoms with Crippen LogP contribution in [0.25, 0.3) is 11.3 Å². The first kappa shape index (κ1) is 19.1. The number of anilines is 3. The second kappa shape index (κ2) is 8.33. The van der Waals surface area contributed by atoms with Crippen molar-refractivity contribution in [2.75, 3.05) is 17.2 Å². The third-order valence-corrected chi connectivity index (χ3v) is 4.30. The molecule has 0 saturated carbocycles. The van der Waals surface area contributed by atoms with Gasteiger partial charge in [-0.1, -0.05) is 11.6 Å². The molecule has 0 aliphatic heterocycles. The molecule has 1 atom stereocenters. The van der Waals surface area contributed by atoms with Crippen LogP contribution in [0.3, 0.4) is 0 Å². The number of halogens is 1. The van der Waals surface area contributed by atoms with Crippen molar-refractivity contribution in [3.8, 4) is 11.3 Å². The van der Waals surface area contributed by atoms with Gasteiger partial charge in [-0.05, 0) is 56.2 Å². The van der Waals surface area contributed by atoms with Gasteiger partial charge in [0.1, 0.15) is 5.82 Å². The van der Waals surface area contributed by atoms with Gasteiger partial charge >= 0.3 is 0 Å². The zero-order valence-corrected chi connectivity index (χ0v) is 16.2. The van der Waals surface area contributed by atoms with E-state index in [-0.39, 0.29) is 12.6 Å². The van der Waals surface area contributed by atoms with Crippen molar-refractivity contribution in [2.24, 2.45) is 0 Å². The van der Waals surface area contributed by atoms with E-state index in [0.29, 0.717) is 16.8 Å². The van der Waals surface area contributed by atoms with Crippen molar-refractivity contribution in [3.05, 3.63) is 58.9 Å². The number of nitrogens with zero attached hydrogens (tertiary/aromatic N) is 3. The molecule has 0 aliphatic carbocycles. The van der Waals surface area contributed by atoms with Gasteiger partial charge in [0.25, 0.3) is 0 Å². The molecule has 2 aromatic heterocycles. The van der Waals surface area contributed by atoms with E-state index < -0.39 is 0 Å². The van der Waals surface area contributed by atoms with Crippen LogP contribution in [0.5, 0.6) is 0 Å². The molecule has 27 heavy (non-hydrogen) atoms. The summed E-state index contributed by atoms with van der Waals surface area (Å²) in [6.45, 7) is 5.84. The lowest BCUT2D eigenvalue weighted by molar-refractivity contribution is 0.281. The van der Waals surface area contributed by atoms with Gasteiger partial charge in [-0.3, -0.25) is 4.98 Å². The van der Waals surface area contributed by atoms with Gasteiger partial charge in [0.05, 0.1) is 12.3 Å². The average Bonchev–Trinajstić information content (AvgIpc) is 2.65. The first-order chi connectivity index (χ1) is 13.0. The Labute approximate surface area is 163 Å². The Hall–Kier alpha value is -2.70. The summed E-state index contributed by atoms with van der Waals surface area (Å²) in [5, 5.41) is 16.5. The van der Waals surface area contributed by atoms with Crippen LogP contribution in [0, 0.1) is 13.8 Å². The highest BCUT2D eigenvalue weighted by molar-refractivity contribution is 6.30. The molecular formula is C20H22ClN5O. The Morgan fingerprint density at radius 1 is 1.15 bits per heavy atom. The fraction of sp³-hybridized carbons (Fsp3) is 0.250. The second-order valence-corrected chi connectivity index (χ2v) is 6.91. The van der Waals surface area contributed by atoms with Crippen molar-refractivity contribution < 1.29 is 5.11 Å². The molecule has 0 bridgehead atoms. The van der Waals surface area contributed by atoms with Crippen LogP contribution in [0.1, 0.15) is 18.1 Å². The van der Waals surface area contributed by atoms with E-state index in [1.807, 2.05) is 51.1 Å². The molecule has 6 nitrogen and oxygen atoms in total. The number of aliphatic hydroxyl groups is 1. The van der Waals surface area contributed by atoms with Crippen molar-refractivity contribution in [1.29, 1.82) is 0 Å². The molecular weight excluding hydrogens is 362 g/mol. The van der Waals surface area contributed by atoms with Crippen LogP contribution >= 0.6 is 11.6 Å². The summed E-state index contributed by atoms with van der Waals surface area (Å²) < 4.78 is 0. The lowest BCUT2D eigenvalue weighted by atomic mass is 10.1. The molecule has 0 radical (unpaired) electrons. The highest BCUT2D eigenvalue weighted by Crippen LogP contribution is 2.29. The molecule has 0 saturated heterocycles. The number of rotatable bonds is 6. The quantitative estimate of drug-likeness (QED) is 0.587. The smallest absolute Gasteiger partial charge is 0.225 e. The molecule has 0 spiro atoms. The molecule has 7 heteroatoms. The summed E-state index contributed by atoms with van der Waals surface area (Å²) in [7, 11) is 0. The maximum atomic E-state index is 9.33. The standard InChI is InChI=1S/C20H22ClN5O/c1-12-7-16(21)8-13(2)19(12)25-18-9-17(15-5-4-6-22-10-15)24-20(26-18)23-14(3)11-27/h4-10,14,27H,11H2,1-3H3,(H2,23,24,25,26)/t14-/m1/s1. The predicted octanol–water partition coefficient (Wildman–Crippen LogP) is 4.35. The number of pyridine rings is 1. The molecule has 0 amide bonds. The van der Waals surface area contributed by atoms with Gasteiger partial charge in [0.15, 0.2) is 0 Å². The number of aromatic nitrogens is 3. The average molecular weight is 384 g/mol. The van der Waals surface area contributed by atoms with Crippen molar-refractivity contribution in [1.82, 2.24) is 15.0 Å². The fourth-order valence-corrected chi connectivity index (χ4v) is 3.07. The van der Waals surface area contributed by atoms with Gasteiger partial charge in [-0.15, -0.1) is 0 Å². The number of benzene rings is 1. The third-order valence-electron chi connectivity index (χ3n) is 4.08. The molecule has 0 aliphatic rings. The van der Waals surface area contributed by atoms with Crippen LogP contribution in [-0.4, -0.2) is 32.7 Å². The van der Waals surface area contributed by atoms with Crippen LogP contribution in [0.2, 0.25) is 5.02 Å². The Bertz CT molecular complexity index is 910. The SMILES string of the molecule is Cc1cc(Cl)cc(C)c1Nc1cc(-c2cccnc2)nc(N[C@H](C)CO)n1. The van der Waals surface area contributed by atoms with Crippen molar-refractivity contribution in [3.63, 3.8) is 0 Å². The van der Waals surface area contributed by atoms with E-state index in [1.54, 1.807) is 12.4 Å². The Morgan fingerprint density at radius 2 is 1.89 bits per heavy atom. The van der Waals surface area contributed by atoms with Crippen molar-refractivity contribution >= 4 is 29.1 Å². The Balaban J connectivity index is 2.02. The molecule has 1 aromatic carbocycles. The Morgan fingerprint density at radius 3 is 2.52 bits per heavy atom. The summed E-state index contributed by atoms with van der Waals surface area (Å²) in [4.78, 5) is 13.3. The molecule has 140 valence electrons. The summed E-state index contributed by atoms with van der Waals surface area (Å²) in [6.07, 6.45) is 3.47. The van der Waals surface area contributed by atoms with Crippen LogP contribution in [0.15, 0.2) is 42.7 Å². The minimum Gasteiger partial charge on any atom is -0.394 e. The van der Waals surface area contributed by atoms with E-state index in [2.05, 4.69) is 25.6 Å². The molecule has 3 rings (SSSR count). The molecule has 3 aromatic rings. The number of aliphatic hydroxyl groups excluding tert-OH is 1. The zero-order chi connectivity index (χ0) is 19.4. The fourth-order valence-electron chi connectivity index (χ4n) is 2.74. The number of hydrogen-bond acceptors (Lipinski definition) is 6. The van der Waals surface area contributed by atoms with Crippen LogP contribution < -0.4 is 10.6 Å². The van der Waals surface area contributed by atoms with Gasteiger partial charge in [0.2, 0.25) is 5.95 Å². The number of nitrogens with one attached hydrogen (secondary N) is 2. The minimum atomic E-state index is -0.166. The maximum absolute atomic E-state index is 9.33. The van der Waals surface area contributed by atoms with Gasteiger partial charge in [-0.2, -0.15) is 4.98 Å². The summed E-state index contributed by atoms with van der Waals surface area (Å²) in [5.74, 6) is 1.08. The van der Waals surface area contributed by atoms with Gasteiger partial charge in [0, 0.05) is 40.8 Å². The molecule has 3 N–H and O–H groups in total. The van der Waals surface area contributed by atoms with E-state index in [4.69, 9.17) is 11.6 Å². The highest BCUT2D eigenvalue weighted by Gasteiger charge is 2.11. The molecule has 0 fully saturated rings. The van der Waals surface area contributed by atoms with E-state index in [9.17, 15) is 5.11 Å². The largest absolute Gasteiger partial charge is 0.394 e. The van der Waals surface area contributed by atoms with Crippen LogP contribution in [-0.2, 0) is 0 Å². The lowest BCUT2D eigenvalue weighted by Gasteiger charge is -2.16. The third kappa shape index (κ3) is 4.72. The van der Waals surface area contributed by atoms with E-state index in [1.165, 1.54) is 0 Å². The van der Waals surface area contributed by atoms with E-state index >= 15 is 0 Å². The summed E-state index contributed by atoms with van der Waals surface area (Å²) in [5.41, 5.74) is 4.63. The topological polar surface area (TPSA) is 83.0 Å². The lowest BCUT2D eigenvalue weighted by Crippen LogP contribution is -2.21. The van der Waals surface area contributed by atoms with Crippen LogP contribution in [0.4, 0.5) is 17.5 Å².